The first-order chi connectivity index (χ1) is 8.20. The Morgan fingerprint density at radius 3 is 3.06 bits per heavy atom. The van der Waals surface area contributed by atoms with Crippen molar-refractivity contribution in [2.75, 3.05) is 0 Å². The van der Waals surface area contributed by atoms with Gasteiger partial charge < -0.3 is 5.32 Å². The number of hydrogen-bond donors (Lipinski definition) is 1. The molecule has 0 spiro atoms. The van der Waals surface area contributed by atoms with E-state index in [1.807, 2.05) is 44.2 Å². The van der Waals surface area contributed by atoms with Crippen molar-refractivity contribution in [3.8, 4) is 0 Å². The second kappa shape index (κ2) is 4.99. The maximum Gasteiger partial charge on any atom is 0.270 e. The average molecular weight is 231 g/mol. The zero-order valence-corrected chi connectivity index (χ0v) is 10.2. The third kappa shape index (κ3) is 2.64. The summed E-state index contributed by atoms with van der Waals surface area (Å²) in [5.41, 5.74) is 1.50. The minimum Gasteiger partial charge on any atom is -0.344 e. The Kier molecular flexibility index (Phi) is 3.42. The SMILES string of the molecule is CCn1nc(C)cc1C(=O)NC1C=CC=CC1. The number of nitrogens with one attached hydrogen (secondary N) is 1. The van der Waals surface area contributed by atoms with Crippen LogP contribution in [0, 0.1) is 6.92 Å². The number of carbonyl (C=O) groups excluding carboxylic acids is 1. The molecule has 0 saturated heterocycles. The molecule has 4 heteroatoms. The fourth-order valence-electron chi connectivity index (χ4n) is 1.90. The molecule has 1 unspecified atom stereocenters. The smallest absolute Gasteiger partial charge is 0.270 e. The number of aryl methyl sites for hydroxylation is 2. The van der Waals surface area contributed by atoms with Crippen LogP contribution in [0.1, 0.15) is 29.5 Å². The molecule has 0 bridgehead atoms. The van der Waals surface area contributed by atoms with Crippen molar-refractivity contribution >= 4 is 5.91 Å². The number of amides is 1. The van der Waals surface area contributed by atoms with Gasteiger partial charge in [-0.3, -0.25) is 9.48 Å². The van der Waals surface area contributed by atoms with Crippen molar-refractivity contribution in [1.29, 1.82) is 0 Å². The van der Waals surface area contributed by atoms with Gasteiger partial charge in [-0.2, -0.15) is 5.10 Å². The summed E-state index contributed by atoms with van der Waals surface area (Å²) in [4.78, 5) is 12.1. The first-order valence-corrected chi connectivity index (χ1v) is 5.89. The van der Waals surface area contributed by atoms with Gasteiger partial charge in [0.05, 0.1) is 11.7 Å². The minimum atomic E-state index is -0.0580. The molecule has 0 aliphatic heterocycles. The first-order valence-electron chi connectivity index (χ1n) is 5.89. The zero-order chi connectivity index (χ0) is 12.3. The van der Waals surface area contributed by atoms with Gasteiger partial charge in [-0.15, -0.1) is 0 Å². The van der Waals surface area contributed by atoms with Crippen LogP contribution >= 0.6 is 0 Å². The molecule has 1 aromatic rings. The highest BCUT2D eigenvalue weighted by molar-refractivity contribution is 5.93. The lowest BCUT2D eigenvalue weighted by Crippen LogP contribution is -2.34. The lowest BCUT2D eigenvalue weighted by Gasteiger charge is -2.15. The Morgan fingerprint density at radius 1 is 1.59 bits per heavy atom. The van der Waals surface area contributed by atoms with E-state index in [1.165, 1.54) is 0 Å². The van der Waals surface area contributed by atoms with Gasteiger partial charge in [-0.05, 0) is 26.3 Å². The molecule has 90 valence electrons. The molecule has 1 atom stereocenters. The summed E-state index contributed by atoms with van der Waals surface area (Å²) in [5, 5.41) is 7.25. The van der Waals surface area contributed by atoms with Gasteiger partial charge in [0.25, 0.3) is 5.91 Å². The topological polar surface area (TPSA) is 46.9 Å². The van der Waals surface area contributed by atoms with Crippen LogP contribution in [-0.2, 0) is 6.54 Å². The molecular weight excluding hydrogens is 214 g/mol. The molecule has 1 aliphatic rings. The number of hydrogen-bond acceptors (Lipinski definition) is 2. The lowest BCUT2D eigenvalue weighted by molar-refractivity contribution is 0.0934. The fraction of sp³-hybridized carbons (Fsp3) is 0.385. The molecule has 0 fully saturated rings. The second-order valence-electron chi connectivity index (χ2n) is 4.12. The van der Waals surface area contributed by atoms with Gasteiger partial charge in [-0.1, -0.05) is 24.3 Å². The van der Waals surface area contributed by atoms with Gasteiger partial charge >= 0.3 is 0 Å². The normalized spacial score (nSPS) is 18.4. The third-order valence-corrected chi connectivity index (χ3v) is 2.73. The van der Waals surface area contributed by atoms with Gasteiger partial charge in [0, 0.05) is 6.54 Å². The summed E-state index contributed by atoms with van der Waals surface area (Å²) in [6, 6.07) is 1.91. The first kappa shape index (κ1) is 11.6. The molecular formula is C13H17N3O. The second-order valence-corrected chi connectivity index (χ2v) is 4.12. The van der Waals surface area contributed by atoms with Crippen molar-refractivity contribution in [3.63, 3.8) is 0 Å². The zero-order valence-electron chi connectivity index (χ0n) is 10.2. The van der Waals surface area contributed by atoms with Crippen LogP contribution in [0.15, 0.2) is 30.4 Å². The van der Waals surface area contributed by atoms with Crippen LogP contribution in [0.4, 0.5) is 0 Å². The summed E-state index contributed by atoms with van der Waals surface area (Å²) in [6.45, 7) is 4.58. The van der Waals surface area contributed by atoms with Crippen LogP contribution in [0.25, 0.3) is 0 Å². The number of rotatable bonds is 3. The van der Waals surface area contributed by atoms with Crippen LogP contribution < -0.4 is 5.32 Å². The van der Waals surface area contributed by atoms with Gasteiger partial charge in [0.15, 0.2) is 0 Å². The molecule has 1 aliphatic carbocycles. The number of allylic oxidation sites excluding steroid dienone is 2. The molecule has 0 radical (unpaired) electrons. The fourth-order valence-corrected chi connectivity index (χ4v) is 1.90. The maximum atomic E-state index is 12.1. The van der Waals surface area contributed by atoms with Crippen molar-refractivity contribution in [3.05, 3.63) is 41.8 Å². The predicted molar refractivity (Wildman–Crippen MR) is 66.8 cm³/mol. The summed E-state index contributed by atoms with van der Waals surface area (Å²) in [5.74, 6) is -0.0580. The molecule has 1 aromatic heterocycles. The Labute approximate surface area is 101 Å². The van der Waals surface area contributed by atoms with Crippen LogP contribution in [0.3, 0.4) is 0 Å². The predicted octanol–water partition coefficient (Wildman–Crippen LogP) is 1.83. The van der Waals surface area contributed by atoms with Gasteiger partial charge in [0.1, 0.15) is 5.69 Å². The standard InChI is InChI=1S/C13H17N3O/c1-3-16-12(9-10(2)15-16)13(17)14-11-7-5-4-6-8-11/h4-7,9,11H,3,8H2,1-2H3,(H,14,17). The van der Waals surface area contributed by atoms with E-state index in [9.17, 15) is 4.79 Å². The van der Waals surface area contributed by atoms with E-state index < -0.39 is 0 Å². The Balaban J connectivity index is 2.08. The molecule has 17 heavy (non-hydrogen) atoms. The number of nitrogens with zero attached hydrogens (tertiary/aromatic N) is 2. The molecule has 2 rings (SSSR count). The average Bonchev–Trinajstić information content (AvgIpc) is 2.72. The van der Waals surface area contributed by atoms with E-state index >= 15 is 0 Å². The highest BCUT2D eigenvalue weighted by atomic mass is 16.2. The van der Waals surface area contributed by atoms with Crippen LogP contribution in [0.5, 0.6) is 0 Å². The quantitative estimate of drug-likeness (QED) is 0.862. The van der Waals surface area contributed by atoms with E-state index in [0.29, 0.717) is 12.2 Å². The molecule has 0 aromatic carbocycles. The summed E-state index contributed by atoms with van der Waals surface area (Å²) in [6.07, 6.45) is 8.84. The molecule has 1 heterocycles. The maximum absolute atomic E-state index is 12.1. The van der Waals surface area contributed by atoms with Crippen molar-refractivity contribution < 1.29 is 4.79 Å². The van der Waals surface area contributed by atoms with E-state index in [-0.39, 0.29) is 11.9 Å². The minimum absolute atomic E-state index is 0.0580. The molecule has 1 N–H and O–H groups in total. The van der Waals surface area contributed by atoms with Crippen molar-refractivity contribution in [2.24, 2.45) is 0 Å². The molecule has 4 nitrogen and oxygen atoms in total. The monoisotopic (exact) mass is 231 g/mol. The van der Waals surface area contributed by atoms with Crippen molar-refractivity contribution in [2.45, 2.75) is 32.9 Å². The highest BCUT2D eigenvalue weighted by Gasteiger charge is 2.16. The lowest BCUT2D eigenvalue weighted by atomic mass is 10.1. The summed E-state index contributed by atoms with van der Waals surface area (Å²) < 4.78 is 1.73. The summed E-state index contributed by atoms with van der Waals surface area (Å²) >= 11 is 0. The van der Waals surface area contributed by atoms with E-state index in [1.54, 1.807) is 4.68 Å². The van der Waals surface area contributed by atoms with Crippen LogP contribution in [0.2, 0.25) is 0 Å². The van der Waals surface area contributed by atoms with Gasteiger partial charge in [-0.25, -0.2) is 0 Å². The van der Waals surface area contributed by atoms with E-state index in [0.717, 1.165) is 12.1 Å². The Hall–Kier alpha value is -1.84. The van der Waals surface area contributed by atoms with Crippen LogP contribution in [-0.4, -0.2) is 21.7 Å². The largest absolute Gasteiger partial charge is 0.344 e. The molecule has 1 amide bonds. The van der Waals surface area contributed by atoms with Gasteiger partial charge in [0.2, 0.25) is 0 Å². The Bertz CT molecular complexity index is 471. The third-order valence-electron chi connectivity index (χ3n) is 2.73. The highest BCUT2D eigenvalue weighted by Crippen LogP contribution is 2.07. The van der Waals surface area contributed by atoms with Crippen molar-refractivity contribution in [1.82, 2.24) is 15.1 Å². The Morgan fingerprint density at radius 2 is 2.41 bits per heavy atom. The van der Waals surface area contributed by atoms with E-state index in [2.05, 4.69) is 10.4 Å². The molecule has 0 saturated carbocycles. The van der Waals surface area contributed by atoms with E-state index in [4.69, 9.17) is 0 Å². The summed E-state index contributed by atoms with van der Waals surface area (Å²) in [7, 11) is 0. The number of aromatic nitrogens is 2. The number of carbonyl (C=O) groups is 1.